The number of anilines is 1. The minimum Gasteiger partial charge on any atom is -0.384 e. The Balaban J connectivity index is 2.95. The number of aromatic nitrogens is 1. The van der Waals surface area contributed by atoms with E-state index in [-0.39, 0.29) is 10.8 Å². The fourth-order valence-electron chi connectivity index (χ4n) is 1.68. The Labute approximate surface area is 125 Å². The van der Waals surface area contributed by atoms with E-state index < -0.39 is 16.1 Å². The zero-order valence-corrected chi connectivity index (χ0v) is 13.3. The summed E-state index contributed by atoms with van der Waals surface area (Å²) in [5, 5.41) is 5.61. The van der Waals surface area contributed by atoms with Crippen LogP contribution in [0.25, 0.3) is 0 Å². The number of nitrogens with one attached hydrogen (secondary N) is 3. The minimum atomic E-state index is -3.82. The average molecular weight is 314 g/mol. The highest BCUT2D eigenvalue weighted by molar-refractivity contribution is 7.89. The first kappa shape index (κ1) is 17.4. The number of nitrogens with zero attached hydrogens (tertiary/aromatic N) is 1. The van der Waals surface area contributed by atoms with Crippen LogP contribution in [0.4, 0.5) is 5.69 Å². The summed E-state index contributed by atoms with van der Waals surface area (Å²) in [6.45, 7) is 6.35. The molecule has 0 fully saturated rings. The zero-order chi connectivity index (χ0) is 15.9. The summed E-state index contributed by atoms with van der Waals surface area (Å²) >= 11 is 0. The summed E-state index contributed by atoms with van der Waals surface area (Å²) in [6.07, 6.45) is 3.65. The number of hydrogen-bond acceptors (Lipinski definition) is 5. The molecule has 1 rings (SSSR count). The van der Waals surface area contributed by atoms with Gasteiger partial charge in [-0.05, 0) is 26.3 Å². The van der Waals surface area contributed by atoms with Crippen molar-refractivity contribution < 1.29 is 13.2 Å². The van der Waals surface area contributed by atoms with Crippen molar-refractivity contribution in [1.29, 1.82) is 0 Å². The van der Waals surface area contributed by atoms with Crippen molar-refractivity contribution >= 4 is 21.6 Å². The third-order valence-corrected chi connectivity index (χ3v) is 4.28. The molecule has 1 amide bonds. The normalized spacial score (nSPS) is 12.7. The molecule has 0 bridgehead atoms. The third-order valence-electron chi connectivity index (χ3n) is 2.72. The van der Waals surface area contributed by atoms with Gasteiger partial charge in [0, 0.05) is 25.5 Å². The van der Waals surface area contributed by atoms with E-state index in [0.29, 0.717) is 18.8 Å². The van der Waals surface area contributed by atoms with E-state index in [9.17, 15) is 13.2 Å². The molecule has 21 heavy (non-hydrogen) atoms. The summed E-state index contributed by atoms with van der Waals surface area (Å²) in [4.78, 5) is 15.5. The summed E-state index contributed by atoms with van der Waals surface area (Å²) in [7, 11) is -3.82. The fourth-order valence-corrected chi connectivity index (χ4v) is 3.01. The van der Waals surface area contributed by atoms with Crippen LogP contribution >= 0.6 is 0 Å². The number of pyridine rings is 1. The molecule has 0 aliphatic heterocycles. The van der Waals surface area contributed by atoms with E-state index in [1.54, 1.807) is 13.0 Å². The van der Waals surface area contributed by atoms with Crippen molar-refractivity contribution in [2.75, 3.05) is 18.4 Å². The molecule has 0 aromatic carbocycles. The van der Waals surface area contributed by atoms with E-state index in [1.807, 2.05) is 6.92 Å². The lowest BCUT2D eigenvalue weighted by Crippen LogP contribution is -2.44. The first-order valence-electron chi connectivity index (χ1n) is 6.90. The second kappa shape index (κ2) is 7.94. The number of rotatable bonds is 8. The molecule has 1 unspecified atom stereocenters. The average Bonchev–Trinajstić information content (AvgIpc) is 2.45. The van der Waals surface area contributed by atoms with Crippen LogP contribution < -0.4 is 15.4 Å². The molecule has 1 aromatic heterocycles. The third kappa shape index (κ3) is 4.98. The largest absolute Gasteiger partial charge is 0.384 e. The second-order valence-corrected chi connectivity index (χ2v) is 6.22. The van der Waals surface area contributed by atoms with Crippen molar-refractivity contribution in [3.05, 3.63) is 18.5 Å². The van der Waals surface area contributed by atoms with Crippen LogP contribution in [0.3, 0.4) is 0 Å². The van der Waals surface area contributed by atoms with E-state index in [0.717, 1.165) is 6.42 Å². The molecule has 0 radical (unpaired) electrons. The smallest absolute Gasteiger partial charge is 0.244 e. The lowest BCUT2D eigenvalue weighted by molar-refractivity contribution is -0.122. The van der Waals surface area contributed by atoms with Crippen molar-refractivity contribution in [2.24, 2.45) is 0 Å². The van der Waals surface area contributed by atoms with Gasteiger partial charge in [-0.1, -0.05) is 6.92 Å². The molecule has 118 valence electrons. The van der Waals surface area contributed by atoms with Gasteiger partial charge in [-0.25, -0.2) is 8.42 Å². The molecule has 0 aliphatic carbocycles. The topological polar surface area (TPSA) is 100 Å². The molecule has 8 heteroatoms. The molecule has 1 heterocycles. The van der Waals surface area contributed by atoms with Gasteiger partial charge in [0.2, 0.25) is 15.9 Å². The molecular weight excluding hydrogens is 292 g/mol. The van der Waals surface area contributed by atoms with Crippen molar-refractivity contribution in [3.8, 4) is 0 Å². The van der Waals surface area contributed by atoms with E-state index in [1.165, 1.54) is 19.3 Å². The first-order chi connectivity index (χ1) is 9.92. The maximum absolute atomic E-state index is 12.4. The number of sulfonamides is 1. The molecule has 3 N–H and O–H groups in total. The van der Waals surface area contributed by atoms with E-state index in [4.69, 9.17) is 0 Å². The Hall–Kier alpha value is -1.67. The van der Waals surface area contributed by atoms with Gasteiger partial charge in [0.25, 0.3) is 0 Å². The molecule has 0 saturated heterocycles. The Morgan fingerprint density at radius 1 is 1.38 bits per heavy atom. The number of likely N-dealkylation sites (N-methyl/N-ethyl adjacent to an activating group) is 1. The first-order valence-corrected chi connectivity index (χ1v) is 8.38. The molecule has 1 atom stereocenters. The van der Waals surface area contributed by atoms with Gasteiger partial charge < -0.3 is 10.6 Å². The molecule has 0 spiro atoms. The maximum atomic E-state index is 12.4. The summed E-state index contributed by atoms with van der Waals surface area (Å²) in [5.74, 6) is -0.368. The van der Waals surface area contributed by atoms with Gasteiger partial charge in [0.05, 0.1) is 11.7 Å². The SMILES string of the molecule is CCCNc1ccncc1S(=O)(=O)NC(C)C(=O)NCC. The Morgan fingerprint density at radius 2 is 2.10 bits per heavy atom. The summed E-state index contributed by atoms with van der Waals surface area (Å²) in [6, 6.07) is 0.746. The molecule has 1 aromatic rings. The predicted octanol–water partition coefficient (Wildman–Crippen LogP) is 0.706. The van der Waals surface area contributed by atoms with Crippen LogP contribution in [0, 0.1) is 0 Å². The molecule has 0 saturated carbocycles. The maximum Gasteiger partial charge on any atom is 0.244 e. The van der Waals surface area contributed by atoms with Crippen molar-refractivity contribution in [1.82, 2.24) is 15.0 Å². The highest BCUT2D eigenvalue weighted by atomic mass is 32.2. The monoisotopic (exact) mass is 314 g/mol. The van der Waals surface area contributed by atoms with Gasteiger partial charge in [-0.3, -0.25) is 9.78 Å². The highest BCUT2D eigenvalue weighted by Gasteiger charge is 2.24. The number of carbonyl (C=O) groups is 1. The number of hydrogen-bond donors (Lipinski definition) is 3. The van der Waals surface area contributed by atoms with Gasteiger partial charge >= 0.3 is 0 Å². The van der Waals surface area contributed by atoms with Crippen LogP contribution in [-0.4, -0.2) is 38.4 Å². The van der Waals surface area contributed by atoms with Crippen molar-refractivity contribution in [3.63, 3.8) is 0 Å². The van der Waals surface area contributed by atoms with Crippen LogP contribution in [-0.2, 0) is 14.8 Å². The lowest BCUT2D eigenvalue weighted by Gasteiger charge is -2.16. The van der Waals surface area contributed by atoms with Crippen LogP contribution in [0.5, 0.6) is 0 Å². The van der Waals surface area contributed by atoms with E-state index >= 15 is 0 Å². The van der Waals surface area contributed by atoms with E-state index in [2.05, 4.69) is 20.3 Å². The van der Waals surface area contributed by atoms with Crippen LogP contribution in [0.2, 0.25) is 0 Å². The van der Waals surface area contributed by atoms with Gasteiger partial charge in [-0.15, -0.1) is 0 Å². The number of amides is 1. The van der Waals surface area contributed by atoms with Crippen LogP contribution in [0.1, 0.15) is 27.2 Å². The standard InChI is InChI=1S/C13H22N4O3S/c1-4-7-16-11-6-8-14-9-12(11)21(19,20)17-10(3)13(18)15-5-2/h6,8-10,17H,4-5,7H2,1-3H3,(H,14,16)(H,15,18). The lowest BCUT2D eigenvalue weighted by atomic mass is 10.3. The van der Waals surface area contributed by atoms with Gasteiger partial charge in [0.15, 0.2) is 0 Å². The zero-order valence-electron chi connectivity index (χ0n) is 12.5. The number of carbonyl (C=O) groups excluding carboxylic acids is 1. The summed E-state index contributed by atoms with van der Waals surface area (Å²) in [5.41, 5.74) is 0.474. The van der Waals surface area contributed by atoms with Gasteiger partial charge in [0.1, 0.15) is 4.90 Å². The van der Waals surface area contributed by atoms with Gasteiger partial charge in [-0.2, -0.15) is 4.72 Å². The Bertz CT molecular complexity index is 575. The minimum absolute atomic E-state index is 0.0367. The van der Waals surface area contributed by atoms with Crippen molar-refractivity contribution in [2.45, 2.75) is 38.1 Å². The predicted molar refractivity (Wildman–Crippen MR) is 81.5 cm³/mol. The van der Waals surface area contributed by atoms with Crippen LogP contribution in [0.15, 0.2) is 23.4 Å². The Morgan fingerprint density at radius 3 is 2.71 bits per heavy atom. The fraction of sp³-hybridized carbons (Fsp3) is 0.538. The summed E-state index contributed by atoms with van der Waals surface area (Å²) < 4.78 is 27.1. The highest BCUT2D eigenvalue weighted by Crippen LogP contribution is 2.19. The molecule has 7 nitrogen and oxygen atoms in total. The molecular formula is C13H22N4O3S. The second-order valence-electron chi connectivity index (χ2n) is 4.54. The quantitative estimate of drug-likeness (QED) is 0.656. The Kier molecular flexibility index (Phi) is 6.57. The molecule has 0 aliphatic rings.